The Labute approximate surface area is 91.2 Å². The summed E-state index contributed by atoms with van der Waals surface area (Å²) in [5.41, 5.74) is 5.11. The van der Waals surface area contributed by atoms with Crippen molar-refractivity contribution in [3.63, 3.8) is 0 Å². The van der Waals surface area contributed by atoms with Crippen molar-refractivity contribution in [1.29, 1.82) is 0 Å². The van der Waals surface area contributed by atoms with Crippen LogP contribution in [0.5, 0.6) is 5.88 Å². The van der Waals surface area contributed by atoms with Gasteiger partial charge in [0.05, 0.1) is 11.5 Å². The molecule has 0 aliphatic carbocycles. The summed E-state index contributed by atoms with van der Waals surface area (Å²) in [5, 5.41) is 10.5. The van der Waals surface area contributed by atoms with Crippen LogP contribution in [-0.4, -0.2) is 23.1 Å². The number of ether oxygens (including phenoxy) is 1. The number of nitrogens with two attached hydrogens (primary N) is 1. The van der Waals surface area contributed by atoms with Crippen molar-refractivity contribution in [3.8, 4) is 5.88 Å². The van der Waals surface area contributed by atoms with E-state index in [1.54, 1.807) is 0 Å². The van der Waals surface area contributed by atoms with Crippen molar-refractivity contribution in [2.24, 2.45) is 5.73 Å². The van der Waals surface area contributed by atoms with Gasteiger partial charge in [0.25, 0.3) is 5.69 Å². The summed E-state index contributed by atoms with van der Waals surface area (Å²) in [6.07, 6.45) is 1.78. The van der Waals surface area contributed by atoms with Crippen molar-refractivity contribution >= 4 is 17.3 Å². The lowest BCUT2D eigenvalue weighted by Crippen LogP contribution is -2.07. The number of rotatable bonds is 5. The van der Waals surface area contributed by atoms with E-state index >= 15 is 0 Å². The van der Waals surface area contributed by atoms with Gasteiger partial charge < -0.3 is 10.5 Å². The first-order valence-corrected chi connectivity index (χ1v) is 4.65. The third kappa shape index (κ3) is 3.34. The molecular formula is C8H10ClN3O3. The lowest BCUT2D eigenvalue weighted by Gasteiger charge is -2.04. The maximum Gasteiger partial charge on any atom is 0.289 e. The summed E-state index contributed by atoms with van der Waals surface area (Å²) in [6, 6.07) is 1.20. The summed E-state index contributed by atoms with van der Waals surface area (Å²) in [4.78, 5) is 13.5. The van der Waals surface area contributed by atoms with E-state index < -0.39 is 4.92 Å². The Morgan fingerprint density at radius 1 is 1.67 bits per heavy atom. The molecular weight excluding hydrogens is 222 g/mol. The Kier molecular flexibility index (Phi) is 4.26. The normalized spacial score (nSPS) is 10.0. The predicted octanol–water partition coefficient (Wildman–Crippen LogP) is 1.37. The molecule has 0 spiro atoms. The Balaban J connectivity index is 2.70. The van der Waals surface area contributed by atoms with E-state index in [9.17, 15) is 10.1 Å². The summed E-state index contributed by atoms with van der Waals surface area (Å²) in [7, 11) is 0. The molecule has 0 bridgehead atoms. The molecule has 0 saturated carbocycles. The summed E-state index contributed by atoms with van der Waals surface area (Å²) >= 11 is 5.73. The molecule has 2 N–H and O–H groups in total. The van der Waals surface area contributed by atoms with Gasteiger partial charge in [-0.25, -0.2) is 4.98 Å². The van der Waals surface area contributed by atoms with E-state index in [2.05, 4.69) is 4.98 Å². The third-order valence-corrected chi connectivity index (χ3v) is 1.86. The van der Waals surface area contributed by atoms with Gasteiger partial charge in [0.15, 0.2) is 0 Å². The van der Waals surface area contributed by atoms with Crippen LogP contribution >= 0.6 is 11.6 Å². The molecule has 6 nitrogen and oxygen atoms in total. The lowest BCUT2D eigenvalue weighted by atomic mass is 10.4. The van der Waals surface area contributed by atoms with Crippen molar-refractivity contribution in [2.75, 3.05) is 13.2 Å². The predicted molar refractivity (Wildman–Crippen MR) is 55.1 cm³/mol. The zero-order chi connectivity index (χ0) is 11.3. The molecule has 1 aromatic heterocycles. The van der Waals surface area contributed by atoms with Gasteiger partial charge in [-0.15, -0.1) is 0 Å². The highest BCUT2D eigenvalue weighted by Gasteiger charge is 2.11. The highest BCUT2D eigenvalue weighted by atomic mass is 35.5. The fraction of sp³-hybridized carbons (Fsp3) is 0.375. The van der Waals surface area contributed by atoms with Gasteiger partial charge in [0.1, 0.15) is 11.2 Å². The molecule has 0 radical (unpaired) electrons. The minimum Gasteiger partial charge on any atom is -0.477 e. The maximum atomic E-state index is 10.4. The lowest BCUT2D eigenvalue weighted by molar-refractivity contribution is -0.385. The second-order valence-electron chi connectivity index (χ2n) is 2.73. The van der Waals surface area contributed by atoms with Crippen molar-refractivity contribution in [1.82, 2.24) is 4.98 Å². The van der Waals surface area contributed by atoms with Crippen LogP contribution in [0.2, 0.25) is 5.02 Å². The molecule has 1 heterocycles. The van der Waals surface area contributed by atoms with Crippen LogP contribution in [0.1, 0.15) is 6.42 Å². The summed E-state index contributed by atoms with van der Waals surface area (Å²) < 4.78 is 5.17. The molecule has 0 aliphatic heterocycles. The average molecular weight is 232 g/mol. The number of hydrogen-bond donors (Lipinski definition) is 1. The highest BCUT2D eigenvalue weighted by molar-refractivity contribution is 6.32. The second-order valence-corrected chi connectivity index (χ2v) is 3.14. The molecule has 1 rings (SSSR count). The van der Waals surface area contributed by atoms with Crippen LogP contribution in [0.3, 0.4) is 0 Å². The molecule has 0 aliphatic rings. The first kappa shape index (κ1) is 11.7. The Morgan fingerprint density at radius 2 is 2.40 bits per heavy atom. The number of pyridine rings is 1. The Hall–Kier alpha value is -1.40. The molecule has 0 aromatic carbocycles. The highest BCUT2D eigenvalue weighted by Crippen LogP contribution is 2.25. The van der Waals surface area contributed by atoms with Gasteiger partial charge in [-0.2, -0.15) is 0 Å². The number of nitrogens with zero attached hydrogens (tertiary/aromatic N) is 2. The quantitative estimate of drug-likeness (QED) is 0.469. The SMILES string of the molecule is NCCCOc1ncc([N+](=O)[O-])cc1Cl. The number of hydrogen-bond acceptors (Lipinski definition) is 5. The monoisotopic (exact) mass is 231 g/mol. The van der Waals surface area contributed by atoms with Gasteiger partial charge in [-0.1, -0.05) is 11.6 Å². The van der Waals surface area contributed by atoms with Gasteiger partial charge in [-0.05, 0) is 13.0 Å². The zero-order valence-corrected chi connectivity index (χ0v) is 8.61. The van der Waals surface area contributed by atoms with Crippen LogP contribution in [0.4, 0.5) is 5.69 Å². The van der Waals surface area contributed by atoms with Crippen LogP contribution in [0.25, 0.3) is 0 Å². The minimum absolute atomic E-state index is 0.126. The standard InChI is InChI=1S/C8H10ClN3O3/c9-7-4-6(12(13)14)5-11-8(7)15-3-1-2-10/h4-5H,1-3,10H2. The first-order chi connectivity index (χ1) is 7.15. The van der Waals surface area contributed by atoms with Gasteiger partial charge in [-0.3, -0.25) is 10.1 Å². The van der Waals surface area contributed by atoms with Gasteiger partial charge in [0, 0.05) is 6.07 Å². The van der Waals surface area contributed by atoms with Crippen molar-refractivity contribution in [2.45, 2.75) is 6.42 Å². The molecule has 0 amide bonds. The molecule has 0 fully saturated rings. The molecule has 7 heteroatoms. The Morgan fingerprint density at radius 3 is 2.93 bits per heavy atom. The molecule has 0 saturated heterocycles. The van der Waals surface area contributed by atoms with E-state index in [-0.39, 0.29) is 16.6 Å². The van der Waals surface area contributed by atoms with E-state index in [4.69, 9.17) is 22.1 Å². The third-order valence-electron chi connectivity index (χ3n) is 1.59. The van der Waals surface area contributed by atoms with Crippen molar-refractivity contribution in [3.05, 3.63) is 27.4 Å². The Bertz CT molecular complexity index is 359. The average Bonchev–Trinajstić information content (AvgIpc) is 2.20. The molecule has 0 unspecified atom stereocenters. The first-order valence-electron chi connectivity index (χ1n) is 4.28. The van der Waals surface area contributed by atoms with E-state index in [1.165, 1.54) is 6.07 Å². The van der Waals surface area contributed by atoms with E-state index in [0.717, 1.165) is 6.20 Å². The number of halogens is 1. The topological polar surface area (TPSA) is 91.3 Å². The van der Waals surface area contributed by atoms with Gasteiger partial charge >= 0.3 is 0 Å². The fourth-order valence-corrected chi connectivity index (χ4v) is 1.09. The smallest absolute Gasteiger partial charge is 0.289 e. The second kappa shape index (κ2) is 5.47. The van der Waals surface area contributed by atoms with Crippen LogP contribution in [-0.2, 0) is 0 Å². The van der Waals surface area contributed by atoms with E-state index in [0.29, 0.717) is 19.6 Å². The molecule has 0 atom stereocenters. The van der Waals surface area contributed by atoms with Crippen LogP contribution in [0, 0.1) is 10.1 Å². The summed E-state index contributed by atoms with van der Waals surface area (Å²) in [6.45, 7) is 0.894. The maximum absolute atomic E-state index is 10.4. The van der Waals surface area contributed by atoms with Crippen LogP contribution in [0.15, 0.2) is 12.3 Å². The van der Waals surface area contributed by atoms with Gasteiger partial charge in [0.2, 0.25) is 5.88 Å². The fourth-order valence-electron chi connectivity index (χ4n) is 0.874. The largest absolute Gasteiger partial charge is 0.477 e. The molecule has 15 heavy (non-hydrogen) atoms. The molecule has 1 aromatic rings. The van der Waals surface area contributed by atoms with Crippen molar-refractivity contribution < 1.29 is 9.66 Å². The zero-order valence-electron chi connectivity index (χ0n) is 7.85. The number of nitro groups is 1. The summed E-state index contributed by atoms with van der Waals surface area (Å²) in [5.74, 6) is 0.190. The van der Waals surface area contributed by atoms with Crippen LogP contribution < -0.4 is 10.5 Å². The minimum atomic E-state index is -0.567. The molecule has 82 valence electrons. The number of aromatic nitrogens is 1. The van der Waals surface area contributed by atoms with E-state index in [1.807, 2.05) is 0 Å².